The van der Waals surface area contributed by atoms with E-state index in [9.17, 15) is 0 Å². The standard InChI is InChI=1S/C14H27N3/c1-2-12-11-17(9-4-7-15-12)14-6-10-16-8-3-5-13(14)16/h12-15H,2-11H2,1H3. The Morgan fingerprint density at radius 3 is 2.71 bits per heavy atom. The zero-order valence-corrected chi connectivity index (χ0v) is 11.2. The fourth-order valence-corrected chi connectivity index (χ4v) is 4.08. The van der Waals surface area contributed by atoms with Crippen LogP contribution in [0.3, 0.4) is 0 Å². The first-order valence-corrected chi connectivity index (χ1v) is 7.60. The molecule has 1 N–H and O–H groups in total. The van der Waals surface area contributed by atoms with Gasteiger partial charge in [-0.3, -0.25) is 9.80 Å². The van der Waals surface area contributed by atoms with Crippen LogP contribution in [-0.2, 0) is 0 Å². The molecule has 3 rings (SSSR count). The highest BCUT2D eigenvalue weighted by Gasteiger charge is 2.40. The van der Waals surface area contributed by atoms with E-state index in [1.165, 1.54) is 64.8 Å². The zero-order valence-electron chi connectivity index (χ0n) is 11.2. The molecule has 98 valence electrons. The van der Waals surface area contributed by atoms with Crippen molar-refractivity contribution in [2.75, 3.05) is 32.7 Å². The second-order valence-electron chi connectivity index (χ2n) is 6.01. The first kappa shape index (κ1) is 11.9. The van der Waals surface area contributed by atoms with E-state index in [0.29, 0.717) is 0 Å². The molecule has 0 aromatic heterocycles. The molecule has 17 heavy (non-hydrogen) atoms. The Morgan fingerprint density at radius 1 is 1.00 bits per heavy atom. The van der Waals surface area contributed by atoms with Crippen LogP contribution in [0.15, 0.2) is 0 Å². The SMILES string of the molecule is CCC1CN(C2CCN3CCCC23)CCCN1. The molecule has 3 nitrogen and oxygen atoms in total. The summed E-state index contributed by atoms with van der Waals surface area (Å²) < 4.78 is 0. The topological polar surface area (TPSA) is 18.5 Å². The largest absolute Gasteiger partial charge is 0.313 e. The first-order chi connectivity index (χ1) is 8.38. The highest BCUT2D eigenvalue weighted by atomic mass is 15.3. The Kier molecular flexibility index (Phi) is 3.69. The monoisotopic (exact) mass is 237 g/mol. The molecule has 3 aliphatic heterocycles. The summed E-state index contributed by atoms with van der Waals surface area (Å²) in [6.45, 7) is 8.86. The van der Waals surface area contributed by atoms with Gasteiger partial charge in [-0.15, -0.1) is 0 Å². The van der Waals surface area contributed by atoms with Crippen LogP contribution in [0.4, 0.5) is 0 Å². The maximum atomic E-state index is 3.69. The number of hydrogen-bond acceptors (Lipinski definition) is 3. The van der Waals surface area contributed by atoms with Crippen LogP contribution in [0.5, 0.6) is 0 Å². The number of hydrogen-bond donors (Lipinski definition) is 1. The lowest BCUT2D eigenvalue weighted by Crippen LogP contribution is -2.46. The Bertz CT molecular complexity index is 256. The van der Waals surface area contributed by atoms with Crippen molar-refractivity contribution >= 4 is 0 Å². The van der Waals surface area contributed by atoms with Gasteiger partial charge in [0.1, 0.15) is 0 Å². The molecule has 0 saturated carbocycles. The van der Waals surface area contributed by atoms with E-state index in [4.69, 9.17) is 0 Å². The second-order valence-corrected chi connectivity index (χ2v) is 6.01. The molecular weight excluding hydrogens is 210 g/mol. The summed E-state index contributed by atoms with van der Waals surface area (Å²) in [4.78, 5) is 5.55. The molecule has 0 amide bonds. The van der Waals surface area contributed by atoms with Crippen LogP contribution in [0.1, 0.15) is 39.0 Å². The molecule has 3 fully saturated rings. The van der Waals surface area contributed by atoms with Crippen LogP contribution in [0.2, 0.25) is 0 Å². The van der Waals surface area contributed by atoms with Crippen LogP contribution in [0, 0.1) is 0 Å². The van der Waals surface area contributed by atoms with Gasteiger partial charge in [0.25, 0.3) is 0 Å². The van der Waals surface area contributed by atoms with E-state index in [-0.39, 0.29) is 0 Å². The maximum absolute atomic E-state index is 3.69. The fraction of sp³-hybridized carbons (Fsp3) is 1.00. The molecule has 0 aliphatic carbocycles. The minimum absolute atomic E-state index is 0.730. The summed E-state index contributed by atoms with van der Waals surface area (Å²) >= 11 is 0. The lowest BCUT2D eigenvalue weighted by molar-refractivity contribution is 0.156. The van der Waals surface area contributed by atoms with E-state index in [1.807, 2.05) is 0 Å². The van der Waals surface area contributed by atoms with E-state index in [0.717, 1.165) is 18.1 Å². The quantitative estimate of drug-likeness (QED) is 0.781. The van der Waals surface area contributed by atoms with E-state index < -0.39 is 0 Å². The predicted octanol–water partition coefficient (Wildman–Crippen LogP) is 1.30. The van der Waals surface area contributed by atoms with Gasteiger partial charge in [0.2, 0.25) is 0 Å². The van der Waals surface area contributed by atoms with Crippen molar-refractivity contribution in [2.45, 2.75) is 57.2 Å². The summed E-state index contributed by atoms with van der Waals surface area (Å²) in [5.74, 6) is 0. The third-order valence-corrected chi connectivity index (χ3v) is 5.04. The number of rotatable bonds is 2. The van der Waals surface area contributed by atoms with Gasteiger partial charge in [-0.2, -0.15) is 0 Å². The molecular formula is C14H27N3. The van der Waals surface area contributed by atoms with Crippen molar-refractivity contribution in [3.8, 4) is 0 Å². The second kappa shape index (κ2) is 5.25. The number of nitrogens with one attached hydrogen (secondary N) is 1. The smallest absolute Gasteiger partial charge is 0.0264 e. The minimum Gasteiger partial charge on any atom is -0.313 e. The minimum atomic E-state index is 0.730. The molecule has 0 aromatic rings. The summed E-state index contributed by atoms with van der Waals surface area (Å²) in [7, 11) is 0. The third-order valence-electron chi connectivity index (χ3n) is 5.04. The van der Waals surface area contributed by atoms with Crippen molar-refractivity contribution in [1.29, 1.82) is 0 Å². The van der Waals surface area contributed by atoms with Gasteiger partial charge < -0.3 is 5.32 Å². The zero-order chi connectivity index (χ0) is 11.7. The summed E-state index contributed by atoms with van der Waals surface area (Å²) in [5.41, 5.74) is 0. The lowest BCUT2D eigenvalue weighted by Gasteiger charge is -2.33. The molecule has 3 unspecified atom stereocenters. The van der Waals surface area contributed by atoms with E-state index >= 15 is 0 Å². The Hall–Kier alpha value is -0.120. The van der Waals surface area contributed by atoms with Gasteiger partial charge in [-0.25, -0.2) is 0 Å². The predicted molar refractivity (Wildman–Crippen MR) is 71.3 cm³/mol. The summed E-state index contributed by atoms with van der Waals surface area (Å²) in [6.07, 6.45) is 6.91. The van der Waals surface area contributed by atoms with Gasteiger partial charge in [0, 0.05) is 31.2 Å². The molecule has 0 bridgehead atoms. The van der Waals surface area contributed by atoms with Crippen LogP contribution in [-0.4, -0.2) is 60.6 Å². The van der Waals surface area contributed by atoms with Crippen LogP contribution < -0.4 is 5.32 Å². The van der Waals surface area contributed by atoms with Gasteiger partial charge in [-0.1, -0.05) is 6.92 Å². The highest BCUT2D eigenvalue weighted by Crippen LogP contribution is 2.31. The van der Waals surface area contributed by atoms with Crippen molar-refractivity contribution in [2.24, 2.45) is 0 Å². The molecule has 3 heterocycles. The average molecular weight is 237 g/mol. The molecule has 0 aromatic carbocycles. The average Bonchev–Trinajstić information content (AvgIpc) is 2.86. The molecule has 3 aliphatic rings. The van der Waals surface area contributed by atoms with Gasteiger partial charge in [0.05, 0.1) is 0 Å². The highest BCUT2D eigenvalue weighted by molar-refractivity contribution is 4.98. The first-order valence-electron chi connectivity index (χ1n) is 7.60. The lowest BCUT2D eigenvalue weighted by atomic mass is 10.0. The van der Waals surface area contributed by atoms with Crippen LogP contribution in [0.25, 0.3) is 0 Å². The Labute approximate surface area is 106 Å². The Balaban J connectivity index is 1.65. The van der Waals surface area contributed by atoms with Crippen molar-refractivity contribution in [1.82, 2.24) is 15.1 Å². The van der Waals surface area contributed by atoms with Crippen LogP contribution >= 0.6 is 0 Å². The maximum Gasteiger partial charge on any atom is 0.0264 e. The summed E-state index contributed by atoms with van der Waals surface area (Å²) in [6, 6.07) is 2.49. The number of fused-ring (bicyclic) bond motifs is 1. The normalized spacial score (nSPS) is 40.4. The molecule has 0 spiro atoms. The third kappa shape index (κ3) is 2.38. The van der Waals surface area contributed by atoms with Crippen molar-refractivity contribution < 1.29 is 0 Å². The molecule has 0 radical (unpaired) electrons. The van der Waals surface area contributed by atoms with Crippen molar-refractivity contribution in [3.05, 3.63) is 0 Å². The number of nitrogens with zero attached hydrogens (tertiary/aromatic N) is 2. The Morgan fingerprint density at radius 2 is 1.82 bits per heavy atom. The fourth-order valence-electron chi connectivity index (χ4n) is 4.08. The molecule has 3 saturated heterocycles. The van der Waals surface area contributed by atoms with Gasteiger partial charge in [-0.05, 0) is 51.7 Å². The molecule has 3 heteroatoms. The van der Waals surface area contributed by atoms with Gasteiger partial charge >= 0.3 is 0 Å². The van der Waals surface area contributed by atoms with Crippen molar-refractivity contribution in [3.63, 3.8) is 0 Å². The molecule has 3 atom stereocenters. The van der Waals surface area contributed by atoms with Gasteiger partial charge in [0.15, 0.2) is 0 Å². The van der Waals surface area contributed by atoms with E-state index in [1.54, 1.807) is 0 Å². The van der Waals surface area contributed by atoms with E-state index in [2.05, 4.69) is 22.0 Å². The summed E-state index contributed by atoms with van der Waals surface area (Å²) in [5, 5.41) is 3.69.